The van der Waals surface area contributed by atoms with E-state index in [1.54, 1.807) is 0 Å². The molecular weight excluding hydrogens is 334 g/mol. The Kier molecular flexibility index (Phi) is 5.53. The van der Waals surface area contributed by atoms with E-state index in [-0.39, 0.29) is 18.6 Å². The molecule has 5 heteroatoms. The Morgan fingerprint density at radius 3 is 2.88 bits per heavy atom. The fraction of sp³-hybridized carbons (Fsp3) is 0.400. The van der Waals surface area contributed by atoms with Crippen LogP contribution in [0.25, 0.3) is 0 Å². The van der Waals surface area contributed by atoms with Crippen molar-refractivity contribution in [2.75, 3.05) is 6.61 Å². The Balaban J connectivity index is 1.56. The van der Waals surface area contributed by atoms with Gasteiger partial charge in [-0.3, -0.25) is 4.79 Å². The van der Waals surface area contributed by atoms with Gasteiger partial charge >= 0.3 is 5.97 Å². The molecule has 1 unspecified atom stereocenters. The van der Waals surface area contributed by atoms with Crippen LogP contribution in [0, 0.1) is 6.92 Å². The molecule has 1 aliphatic rings. The number of benzene rings is 1. The Morgan fingerprint density at radius 2 is 2.12 bits per heavy atom. The van der Waals surface area contributed by atoms with E-state index in [4.69, 9.17) is 4.74 Å². The first kappa shape index (κ1) is 17.7. The number of thiophene rings is 1. The number of ether oxygens (including phenoxy) is 1. The molecule has 132 valence electrons. The number of carbonyl (C=O) groups is 2. The zero-order chi connectivity index (χ0) is 17.8. The van der Waals surface area contributed by atoms with Crippen molar-refractivity contribution in [3.05, 3.63) is 56.8 Å². The van der Waals surface area contributed by atoms with Crippen LogP contribution in [0.3, 0.4) is 0 Å². The molecule has 1 heterocycles. The maximum absolute atomic E-state index is 12.2. The summed E-state index contributed by atoms with van der Waals surface area (Å²) < 4.78 is 5.19. The molecule has 1 aromatic carbocycles. The molecule has 0 saturated carbocycles. The minimum absolute atomic E-state index is 0.00632. The monoisotopic (exact) mass is 357 g/mol. The van der Waals surface area contributed by atoms with Crippen LogP contribution in [0.1, 0.15) is 57.0 Å². The second kappa shape index (κ2) is 7.83. The number of carbonyl (C=O) groups excluding carboxylic acids is 2. The molecule has 0 bridgehead atoms. The molecule has 2 aromatic rings. The molecule has 3 rings (SSSR count). The van der Waals surface area contributed by atoms with Gasteiger partial charge in [-0.25, -0.2) is 4.79 Å². The number of esters is 1. The summed E-state index contributed by atoms with van der Waals surface area (Å²) in [6.07, 6.45) is 3.91. The highest BCUT2D eigenvalue weighted by molar-refractivity contribution is 7.14. The summed E-state index contributed by atoms with van der Waals surface area (Å²) in [6.45, 7) is 3.80. The first-order chi connectivity index (χ1) is 12.1. The predicted octanol–water partition coefficient (Wildman–Crippen LogP) is 3.97. The summed E-state index contributed by atoms with van der Waals surface area (Å²) in [6, 6.07) is 10.0. The summed E-state index contributed by atoms with van der Waals surface area (Å²) in [4.78, 5) is 26.1. The lowest BCUT2D eigenvalue weighted by Gasteiger charge is -2.26. The molecule has 0 saturated heterocycles. The lowest BCUT2D eigenvalue weighted by molar-refractivity contribution is -0.125. The largest absolute Gasteiger partial charge is 0.451 e. The van der Waals surface area contributed by atoms with Crippen LogP contribution in [0.5, 0.6) is 0 Å². The Hall–Kier alpha value is -2.14. The second-order valence-corrected chi connectivity index (χ2v) is 7.49. The van der Waals surface area contributed by atoms with E-state index in [1.165, 1.54) is 27.3 Å². The van der Waals surface area contributed by atoms with Crippen LogP contribution in [0.15, 0.2) is 30.3 Å². The highest BCUT2D eigenvalue weighted by Gasteiger charge is 2.22. The number of rotatable bonds is 5. The highest BCUT2D eigenvalue weighted by Crippen LogP contribution is 2.29. The standard InChI is InChI=1S/C20H23NO3S/c1-3-17-13(2)11-18(25-17)20(23)24-12-19(22)21-16-10-6-8-14-7-4-5-9-15(14)16/h4-5,7,9,11,16H,3,6,8,10,12H2,1-2H3,(H,21,22). The molecule has 0 spiro atoms. The molecule has 1 atom stereocenters. The fourth-order valence-electron chi connectivity index (χ4n) is 3.31. The topological polar surface area (TPSA) is 55.4 Å². The molecule has 1 amide bonds. The van der Waals surface area contributed by atoms with Gasteiger partial charge in [-0.05, 0) is 55.4 Å². The predicted molar refractivity (Wildman–Crippen MR) is 99.0 cm³/mol. The van der Waals surface area contributed by atoms with Gasteiger partial charge in [0.25, 0.3) is 5.91 Å². The maximum atomic E-state index is 12.2. The molecule has 0 aliphatic heterocycles. The third kappa shape index (κ3) is 4.10. The zero-order valence-corrected chi connectivity index (χ0v) is 15.4. The number of nitrogens with one attached hydrogen (secondary N) is 1. The van der Waals surface area contributed by atoms with Gasteiger partial charge in [0.15, 0.2) is 6.61 Å². The van der Waals surface area contributed by atoms with Crippen LogP contribution < -0.4 is 5.32 Å². The van der Waals surface area contributed by atoms with Crippen LogP contribution in [0.2, 0.25) is 0 Å². The second-order valence-electron chi connectivity index (χ2n) is 6.36. The van der Waals surface area contributed by atoms with Crippen molar-refractivity contribution in [3.63, 3.8) is 0 Å². The molecule has 25 heavy (non-hydrogen) atoms. The number of hydrogen-bond acceptors (Lipinski definition) is 4. The van der Waals surface area contributed by atoms with Crippen molar-refractivity contribution >= 4 is 23.2 Å². The average molecular weight is 357 g/mol. The maximum Gasteiger partial charge on any atom is 0.348 e. The molecule has 0 radical (unpaired) electrons. The van der Waals surface area contributed by atoms with Crippen LogP contribution in [-0.2, 0) is 22.4 Å². The summed E-state index contributed by atoms with van der Waals surface area (Å²) >= 11 is 1.44. The van der Waals surface area contributed by atoms with E-state index in [9.17, 15) is 9.59 Å². The Labute approximate surface area is 152 Å². The molecule has 1 N–H and O–H groups in total. The van der Waals surface area contributed by atoms with E-state index in [2.05, 4.69) is 24.4 Å². The van der Waals surface area contributed by atoms with Crippen LogP contribution in [-0.4, -0.2) is 18.5 Å². The average Bonchev–Trinajstić information content (AvgIpc) is 3.01. The van der Waals surface area contributed by atoms with E-state index >= 15 is 0 Å². The summed E-state index contributed by atoms with van der Waals surface area (Å²) in [5.74, 6) is -0.675. The van der Waals surface area contributed by atoms with Gasteiger partial charge in [-0.1, -0.05) is 31.2 Å². The fourth-order valence-corrected chi connectivity index (χ4v) is 4.32. The van der Waals surface area contributed by atoms with E-state index in [0.29, 0.717) is 4.88 Å². The number of amides is 1. The highest BCUT2D eigenvalue weighted by atomic mass is 32.1. The van der Waals surface area contributed by atoms with Gasteiger partial charge < -0.3 is 10.1 Å². The van der Waals surface area contributed by atoms with E-state index in [1.807, 2.05) is 25.1 Å². The third-order valence-corrected chi connectivity index (χ3v) is 5.94. The number of fused-ring (bicyclic) bond motifs is 1. The molecule has 1 aliphatic carbocycles. The van der Waals surface area contributed by atoms with Gasteiger partial charge in [0.1, 0.15) is 4.88 Å². The van der Waals surface area contributed by atoms with Crippen LogP contribution in [0.4, 0.5) is 0 Å². The summed E-state index contributed by atoms with van der Waals surface area (Å²) in [5.41, 5.74) is 3.56. The van der Waals surface area contributed by atoms with Gasteiger partial charge in [-0.2, -0.15) is 0 Å². The number of aryl methyl sites for hydroxylation is 3. The van der Waals surface area contributed by atoms with Crippen molar-refractivity contribution in [2.24, 2.45) is 0 Å². The van der Waals surface area contributed by atoms with Crippen molar-refractivity contribution in [1.82, 2.24) is 5.32 Å². The quantitative estimate of drug-likeness (QED) is 0.824. The Bertz CT molecular complexity index is 781. The lowest BCUT2D eigenvalue weighted by Crippen LogP contribution is -2.34. The molecule has 4 nitrogen and oxygen atoms in total. The first-order valence-electron chi connectivity index (χ1n) is 8.72. The van der Waals surface area contributed by atoms with Gasteiger partial charge in [0.2, 0.25) is 0 Å². The van der Waals surface area contributed by atoms with Gasteiger partial charge in [-0.15, -0.1) is 11.3 Å². The van der Waals surface area contributed by atoms with Gasteiger partial charge in [0.05, 0.1) is 6.04 Å². The molecular formula is C20H23NO3S. The zero-order valence-electron chi connectivity index (χ0n) is 14.6. The van der Waals surface area contributed by atoms with Crippen molar-refractivity contribution in [3.8, 4) is 0 Å². The third-order valence-electron chi connectivity index (χ3n) is 4.58. The normalized spacial score (nSPS) is 16.2. The molecule has 0 fully saturated rings. The van der Waals surface area contributed by atoms with E-state index < -0.39 is 5.97 Å². The first-order valence-corrected chi connectivity index (χ1v) is 9.53. The smallest absolute Gasteiger partial charge is 0.348 e. The van der Waals surface area contributed by atoms with Gasteiger partial charge in [0, 0.05) is 4.88 Å². The number of hydrogen-bond donors (Lipinski definition) is 1. The summed E-state index contributed by atoms with van der Waals surface area (Å²) in [5, 5.41) is 3.00. The minimum atomic E-state index is -0.424. The minimum Gasteiger partial charge on any atom is -0.451 e. The van der Waals surface area contributed by atoms with Crippen LogP contribution >= 0.6 is 11.3 Å². The van der Waals surface area contributed by atoms with Crippen molar-refractivity contribution in [1.29, 1.82) is 0 Å². The Morgan fingerprint density at radius 1 is 1.32 bits per heavy atom. The lowest BCUT2D eigenvalue weighted by atomic mass is 9.88. The molecule has 1 aromatic heterocycles. The SMILES string of the molecule is CCc1sc(C(=O)OCC(=O)NC2CCCc3ccccc32)cc1C. The van der Waals surface area contributed by atoms with Crippen molar-refractivity contribution < 1.29 is 14.3 Å². The summed E-state index contributed by atoms with van der Waals surface area (Å²) in [7, 11) is 0. The van der Waals surface area contributed by atoms with Crippen molar-refractivity contribution in [2.45, 2.75) is 45.6 Å². The van der Waals surface area contributed by atoms with E-state index in [0.717, 1.165) is 31.2 Å².